The zero-order chi connectivity index (χ0) is 18.8. The van der Waals surface area contributed by atoms with E-state index in [1.54, 1.807) is 4.90 Å². The first-order valence-corrected chi connectivity index (χ1v) is 7.80. The zero-order valence-electron chi connectivity index (χ0n) is 13.5. The molecule has 0 spiro atoms. The van der Waals surface area contributed by atoms with Crippen molar-refractivity contribution in [3.8, 4) is 0 Å². The number of nitro groups is 1. The molecule has 0 aliphatic carbocycles. The smallest absolute Gasteiger partial charge is 0.295 e. The van der Waals surface area contributed by atoms with Crippen molar-refractivity contribution in [1.29, 1.82) is 0 Å². The Morgan fingerprint density at radius 2 is 1.58 bits per heavy atom. The Kier molecular flexibility index (Phi) is 4.79. The lowest BCUT2D eigenvalue weighted by molar-refractivity contribution is -0.384. The normalized spacial score (nSPS) is 14.4. The summed E-state index contributed by atoms with van der Waals surface area (Å²) in [4.78, 5) is 25.9. The van der Waals surface area contributed by atoms with Gasteiger partial charge in [-0.2, -0.15) is 0 Å². The van der Waals surface area contributed by atoms with Gasteiger partial charge in [-0.1, -0.05) is 0 Å². The Bertz CT molecular complexity index is 868. The van der Waals surface area contributed by atoms with Crippen LogP contribution in [0.25, 0.3) is 0 Å². The van der Waals surface area contributed by atoms with Gasteiger partial charge in [0.05, 0.1) is 16.6 Å². The molecule has 0 radical (unpaired) electrons. The largest absolute Gasteiger partial charge is 0.362 e. The number of hydrogen-bond acceptors (Lipinski definition) is 4. The second-order valence-corrected chi connectivity index (χ2v) is 5.79. The fourth-order valence-electron chi connectivity index (χ4n) is 2.89. The van der Waals surface area contributed by atoms with Crippen molar-refractivity contribution in [3.63, 3.8) is 0 Å². The summed E-state index contributed by atoms with van der Waals surface area (Å²) in [5.41, 5.74) is -0.321. The maximum Gasteiger partial charge on any atom is 0.295 e. The number of rotatable bonds is 3. The molecule has 3 rings (SSSR count). The predicted octanol–water partition coefficient (Wildman–Crippen LogP) is 2.97. The van der Waals surface area contributed by atoms with Gasteiger partial charge in [-0.3, -0.25) is 14.9 Å². The molecule has 0 unspecified atom stereocenters. The van der Waals surface area contributed by atoms with E-state index in [9.17, 15) is 28.1 Å². The number of hydrogen-bond donors (Lipinski definition) is 0. The molecule has 1 heterocycles. The Morgan fingerprint density at radius 3 is 2.19 bits per heavy atom. The molecule has 0 aromatic heterocycles. The molecule has 0 saturated carbocycles. The molecule has 1 amide bonds. The molecule has 26 heavy (non-hydrogen) atoms. The summed E-state index contributed by atoms with van der Waals surface area (Å²) in [5, 5.41) is 11.1. The molecule has 0 bridgehead atoms. The van der Waals surface area contributed by atoms with E-state index in [1.165, 1.54) is 11.0 Å². The first-order chi connectivity index (χ1) is 12.4. The molecule has 1 aliphatic heterocycles. The minimum absolute atomic E-state index is 0.199. The van der Waals surface area contributed by atoms with Crippen molar-refractivity contribution in [2.24, 2.45) is 0 Å². The third-order valence-electron chi connectivity index (χ3n) is 4.20. The van der Waals surface area contributed by atoms with Crippen LogP contribution in [-0.2, 0) is 0 Å². The number of anilines is 1. The third-order valence-corrected chi connectivity index (χ3v) is 4.20. The third kappa shape index (κ3) is 3.46. The van der Waals surface area contributed by atoms with Crippen LogP contribution in [-0.4, -0.2) is 41.9 Å². The average molecular weight is 365 g/mol. The lowest BCUT2D eigenvalue weighted by Gasteiger charge is -2.35. The molecule has 9 heteroatoms. The summed E-state index contributed by atoms with van der Waals surface area (Å²) in [6.45, 7) is 0.927. The Balaban J connectivity index is 1.73. The number of nitro benzene ring substituents is 1. The molecular weight excluding hydrogens is 351 g/mol. The molecule has 0 atom stereocenters. The van der Waals surface area contributed by atoms with Gasteiger partial charge in [0.1, 0.15) is 23.1 Å². The lowest BCUT2D eigenvalue weighted by Crippen LogP contribution is -2.49. The van der Waals surface area contributed by atoms with Gasteiger partial charge in [-0.05, 0) is 24.3 Å². The van der Waals surface area contributed by atoms with E-state index in [4.69, 9.17) is 0 Å². The summed E-state index contributed by atoms with van der Waals surface area (Å²) in [6, 6.07) is 6.04. The zero-order valence-corrected chi connectivity index (χ0v) is 13.5. The molecule has 0 N–H and O–H groups in total. The number of carbonyl (C=O) groups excluding carboxylic acids is 1. The van der Waals surface area contributed by atoms with E-state index < -0.39 is 28.3 Å². The van der Waals surface area contributed by atoms with Crippen molar-refractivity contribution in [3.05, 3.63) is 69.5 Å². The summed E-state index contributed by atoms with van der Waals surface area (Å²) in [6.07, 6.45) is 0. The minimum atomic E-state index is -0.938. The second-order valence-electron chi connectivity index (χ2n) is 5.79. The first-order valence-electron chi connectivity index (χ1n) is 7.80. The quantitative estimate of drug-likeness (QED) is 0.620. The number of amides is 1. The predicted molar refractivity (Wildman–Crippen MR) is 87.5 cm³/mol. The lowest BCUT2D eigenvalue weighted by atomic mass is 10.1. The molecule has 1 aliphatic rings. The second kappa shape index (κ2) is 7.03. The van der Waals surface area contributed by atoms with Crippen LogP contribution in [0.4, 0.5) is 24.5 Å². The Labute approximate surface area is 146 Å². The van der Waals surface area contributed by atoms with E-state index in [-0.39, 0.29) is 43.1 Å². The number of carbonyl (C=O) groups is 1. The number of benzene rings is 2. The van der Waals surface area contributed by atoms with E-state index in [0.717, 1.165) is 24.3 Å². The molecule has 2 aromatic carbocycles. The molecule has 6 nitrogen and oxygen atoms in total. The summed E-state index contributed by atoms with van der Waals surface area (Å²) in [7, 11) is 0. The fourth-order valence-corrected chi connectivity index (χ4v) is 2.89. The Hall–Kier alpha value is -3.10. The van der Waals surface area contributed by atoms with Gasteiger partial charge in [0.2, 0.25) is 0 Å². The SMILES string of the molecule is O=C(c1ccc(F)cc1F)N1CCN(c2ccc(F)cc2[N+](=O)[O-])CC1. The van der Waals surface area contributed by atoms with Gasteiger partial charge in [-0.15, -0.1) is 0 Å². The molecule has 1 saturated heterocycles. The molecule has 1 fully saturated rings. The standard InChI is InChI=1S/C17H14F3N3O3/c18-11-1-3-13(14(20)9-11)17(24)22-7-5-21(6-8-22)15-4-2-12(19)10-16(15)23(25)26/h1-4,9-10H,5-8H2. The summed E-state index contributed by atoms with van der Waals surface area (Å²) in [5.74, 6) is -2.99. The van der Waals surface area contributed by atoms with Gasteiger partial charge in [0.25, 0.3) is 11.6 Å². The van der Waals surface area contributed by atoms with E-state index in [0.29, 0.717) is 6.07 Å². The molecular formula is C17H14F3N3O3. The number of piperazine rings is 1. The maximum atomic E-state index is 13.8. The minimum Gasteiger partial charge on any atom is -0.362 e. The van der Waals surface area contributed by atoms with Crippen LogP contribution in [0.5, 0.6) is 0 Å². The van der Waals surface area contributed by atoms with Crippen LogP contribution < -0.4 is 4.90 Å². The monoisotopic (exact) mass is 365 g/mol. The topological polar surface area (TPSA) is 66.7 Å². The van der Waals surface area contributed by atoms with Crippen LogP contribution in [0, 0.1) is 27.6 Å². The fraction of sp³-hybridized carbons (Fsp3) is 0.235. The summed E-state index contributed by atoms with van der Waals surface area (Å²) >= 11 is 0. The highest BCUT2D eigenvalue weighted by Gasteiger charge is 2.27. The van der Waals surface area contributed by atoms with Crippen LogP contribution in [0.3, 0.4) is 0 Å². The highest BCUT2D eigenvalue weighted by molar-refractivity contribution is 5.94. The van der Waals surface area contributed by atoms with Gasteiger partial charge < -0.3 is 9.80 Å². The van der Waals surface area contributed by atoms with E-state index >= 15 is 0 Å². The van der Waals surface area contributed by atoms with Crippen molar-refractivity contribution in [2.45, 2.75) is 0 Å². The molecule has 2 aromatic rings. The average Bonchev–Trinajstić information content (AvgIpc) is 2.61. The van der Waals surface area contributed by atoms with Crippen molar-refractivity contribution in [1.82, 2.24) is 4.90 Å². The summed E-state index contributed by atoms with van der Waals surface area (Å²) < 4.78 is 40.0. The number of nitrogens with zero attached hydrogens (tertiary/aromatic N) is 3. The maximum absolute atomic E-state index is 13.8. The first kappa shape index (κ1) is 17.7. The van der Waals surface area contributed by atoms with E-state index in [2.05, 4.69) is 0 Å². The van der Waals surface area contributed by atoms with Gasteiger partial charge in [-0.25, -0.2) is 13.2 Å². The molecule has 136 valence electrons. The highest BCUT2D eigenvalue weighted by atomic mass is 19.1. The van der Waals surface area contributed by atoms with Crippen LogP contribution in [0.2, 0.25) is 0 Å². The van der Waals surface area contributed by atoms with Crippen LogP contribution in [0.15, 0.2) is 36.4 Å². The van der Waals surface area contributed by atoms with Crippen molar-refractivity contribution >= 4 is 17.3 Å². The van der Waals surface area contributed by atoms with Crippen molar-refractivity contribution < 1.29 is 22.9 Å². The van der Waals surface area contributed by atoms with Crippen LogP contribution >= 0.6 is 0 Å². The van der Waals surface area contributed by atoms with Gasteiger partial charge in [0.15, 0.2) is 0 Å². The Morgan fingerprint density at radius 1 is 0.962 bits per heavy atom. The van der Waals surface area contributed by atoms with E-state index in [1.807, 2.05) is 0 Å². The highest BCUT2D eigenvalue weighted by Crippen LogP contribution is 2.29. The van der Waals surface area contributed by atoms with Crippen molar-refractivity contribution in [2.75, 3.05) is 31.1 Å². The van der Waals surface area contributed by atoms with Gasteiger partial charge in [0, 0.05) is 32.2 Å². The number of halogens is 3. The van der Waals surface area contributed by atoms with Crippen LogP contribution in [0.1, 0.15) is 10.4 Å². The van der Waals surface area contributed by atoms with Gasteiger partial charge >= 0.3 is 0 Å².